The third kappa shape index (κ3) is 6.02. The Bertz CT molecular complexity index is 1180. The number of amides is 1. The van der Waals surface area contributed by atoms with Gasteiger partial charge in [0.1, 0.15) is 10.7 Å². The first-order valence-corrected chi connectivity index (χ1v) is 11.1. The summed E-state index contributed by atoms with van der Waals surface area (Å²) in [7, 11) is -4.11. The zero-order valence-electron chi connectivity index (χ0n) is 17.6. The number of nitrogens with one attached hydrogen (secondary N) is 1. The van der Waals surface area contributed by atoms with E-state index in [1.165, 1.54) is 23.7 Å². The van der Waals surface area contributed by atoms with Crippen LogP contribution in [0.4, 0.5) is 5.82 Å². The topological polar surface area (TPSA) is 103 Å². The number of aromatic nitrogens is 2. The second-order valence-electron chi connectivity index (χ2n) is 7.10. The molecule has 2 aromatic carbocycles. The lowest BCUT2D eigenvalue weighted by atomic mass is 10.1. The van der Waals surface area contributed by atoms with Gasteiger partial charge in [-0.2, -0.15) is 18.2 Å². The van der Waals surface area contributed by atoms with Crippen LogP contribution in [0.1, 0.15) is 30.2 Å². The van der Waals surface area contributed by atoms with Crippen LogP contribution in [0.25, 0.3) is 0 Å². The molecule has 0 bridgehead atoms. The molecule has 1 aromatic heterocycles. The van der Waals surface area contributed by atoms with Crippen LogP contribution in [-0.4, -0.2) is 29.9 Å². The Hall–Kier alpha value is -3.46. The lowest BCUT2D eigenvalue weighted by Gasteiger charge is -2.11. The minimum Gasteiger partial charge on any atom is -0.311 e. The summed E-state index contributed by atoms with van der Waals surface area (Å²) in [5.41, 5.74) is 2.61. The Morgan fingerprint density at radius 2 is 1.77 bits per heavy atom. The van der Waals surface area contributed by atoms with Crippen molar-refractivity contribution in [3.63, 3.8) is 0 Å². The van der Waals surface area contributed by atoms with Crippen LogP contribution in [0.5, 0.6) is 0 Å². The van der Waals surface area contributed by atoms with Crippen molar-refractivity contribution in [3.05, 3.63) is 77.5 Å². The van der Waals surface area contributed by atoms with Gasteiger partial charge in [0.25, 0.3) is 0 Å². The smallest absolute Gasteiger partial charge is 0.311 e. The van der Waals surface area contributed by atoms with Crippen molar-refractivity contribution < 1.29 is 17.5 Å². The summed E-state index contributed by atoms with van der Waals surface area (Å²) < 4.78 is 31.6. The average Bonchev–Trinajstić information content (AvgIpc) is 3.08. The second-order valence-corrected chi connectivity index (χ2v) is 8.63. The zero-order chi connectivity index (χ0) is 22.4. The molecule has 1 amide bonds. The Labute approximate surface area is 181 Å². The number of hydrogen-bond donors (Lipinski definition) is 1. The quantitative estimate of drug-likeness (QED) is 0.343. The van der Waals surface area contributed by atoms with Crippen LogP contribution in [0, 0.1) is 13.8 Å². The number of carbonyl (C=O) groups excluding carboxylic acids is 1. The van der Waals surface area contributed by atoms with E-state index >= 15 is 0 Å². The molecule has 31 heavy (non-hydrogen) atoms. The van der Waals surface area contributed by atoms with E-state index in [1.807, 2.05) is 37.3 Å². The fraction of sp³-hybridized carbons (Fsp3) is 0.227. The fourth-order valence-corrected chi connectivity index (χ4v) is 3.64. The van der Waals surface area contributed by atoms with Gasteiger partial charge in [0.2, 0.25) is 5.91 Å². The van der Waals surface area contributed by atoms with E-state index in [0.717, 1.165) is 11.1 Å². The predicted molar refractivity (Wildman–Crippen MR) is 118 cm³/mol. The molecule has 1 heterocycles. The third-order valence-electron chi connectivity index (χ3n) is 4.41. The van der Waals surface area contributed by atoms with Crippen molar-refractivity contribution in [1.82, 2.24) is 9.78 Å². The highest BCUT2D eigenvalue weighted by atomic mass is 32.2. The molecule has 0 aliphatic carbocycles. The van der Waals surface area contributed by atoms with Crippen LogP contribution in [0.2, 0.25) is 0 Å². The van der Waals surface area contributed by atoms with Gasteiger partial charge in [0, 0.05) is 19.4 Å². The summed E-state index contributed by atoms with van der Waals surface area (Å²) in [6.45, 7) is 5.01. The number of carbonyl (C=O) groups is 1. The summed E-state index contributed by atoms with van der Waals surface area (Å²) in [6, 6.07) is 17.7. The van der Waals surface area contributed by atoms with Crippen LogP contribution >= 0.6 is 0 Å². The number of benzene rings is 2. The van der Waals surface area contributed by atoms with Crippen LogP contribution in [-0.2, 0) is 25.6 Å². The monoisotopic (exact) mass is 440 g/mol. The molecule has 0 spiro atoms. The molecule has 3 aromatic rings. The molecule has 8 nitrogen and oxygen atoms in total. The van der Waals surface area contributed by atoms with Gasteiger partial charge in [-0.15, -0.1) is 0 Å². The van der Waals surface area contributed by atoms with Crippen molar-refractivity contribution in [2.24, 2.45) is 5.16 Å². The molecular weight excluding hydrogens is 416 g/mol. The lowest BCUT2D eigenvalue weighted by molar-refractivity contribution is -0.114. The largest absolute Gasteiger partial charge is 0.358 e. The first kappa shape index (κ1) is 22.2. The number of anilines is 1. The molecule has 0 saturated heterocycles. The zero-order valence-corrected chi connectivity index (χ0v) is 18.4. The van der Waals surface area contributed by atoms with Gasteiger partial charge >= 0.3 is 10.1 Å². The maximum atomic E-state index is 12.6. The molecule has 0 aliphatic rings. The van der Waals surface area contributed by atoms with Gasteiger partial charge in [0.05, 0.1) is 5.69 Å². The molecule has 0 saturated carbocycles. The molecule has 0 radical (unpaired) electrons. The normalized spacial score (nSPS) is 11.9. The van der Waals surface area contributed by atoms with Gasteiger partial charge in [0.15, 0.2) is 5.84 Å². The predicted octanol–water partition coefficient (Wildman–Crippen LogP) is 3.66. The first-order valence-electron chi connectivity index (χ1n) is 9.70. The van der Waals surface area contributed by atoms with E-state index < -0.39 is 10.1 Å². The standard InChI is InChI=1S/C22H24N4O4S/c1-16-9-12-20(13-10-16)31(28,29)30-25-21(14-11-19-7-5-4-6-8-19)26-22(23-18(3)27)15-17(2)24-26/h4-10,12-13,15H,11,14H2,1-3H3,(H,23,27). The Morgan fingerprint density at radius 1 is 1.10 bits per heavy atom. The van der Waals surface area contributed by atoms with Gasteiger partial charge in [-0.25, -0.2) is 0 Å². The van der Waals surface area contributed by atoms with Crippen molar-refractivity contribution in [1.29, 1.82) is 0 Å². The maximum Gasteiger partial charge on any atom is 0.358 e. The Kier molecular flexibility index (Phi) is 6.86. The van der Waals surface area contributed by atoms with Crippen molar-refractivity contribution >= 4 is 27.7 Å². The summed E-state index contributed by atoms with van der Waals surface area (Å²) in [5.74, 6) is 0.348. The summed E-state index contributed by atoms with van der Waals surface area (Å²) in [5, 5.41) is 11.0. The highest BCUT2D eigenvalue weighted by Crippen LogP contribution is 2.17. The van der Waals surface area contributed by atoms with E-state index in [4.69, 9.17) is 4.28 Å². The minimum atomic E-state index is -4.11. The number of nitrogens with zero attached hydrogens (tertiary/aromatic N) is 3. The van der Waals surface area contributed by atoms with E-state index in [2.05, 4.69) is 15.6 Å². The summed E-state index contributed by atoms with van der Waals surface area (Å²) in [6.07, 6.45) is 0.910. The second kappa shape index (κ2) is 9.57. The lowest BCUT2D eigenvalue weighted by Crippen LogP contribution is -2.20. The van der Waals surface area contributed by atoms with Gasteiger partial charge in [-0.05, 0) is 43.1 Å². The molecule has 0 aliphatic heterocycles. The van der Waals surface area contributed by atoms with E-state index in [-0.39, 0.29) is 16.6 Å². The number of aryl methyl sites for hydroxylation is 3. The number of oxime groups is 1. The molecule has 0 fully saturated rings. The average molecular weight is 441 g/mol. The van der Waals surface area contributed by atoms with E-state index in [0.29, 0.717) is 24.4 Å². The fourth-order valence-electron chi connectivity index (χ4n) is 2.90. The summed E-state index contributed by atoms with van der Waals surface area (Å²) in [4.78, 5) is 11.6. The van der Waals surface area contributed by atoms with Crippen LogP contribution in [0.15, 0.2) is 70.7 Å². The number of rotatable bonds is 7. The Morgan fingerprint density at radius 3 is 2.42 bits per heavy atom. The van der Waals surface area contributed by atoms with Gasteiger partial charge in [-0.1, -0.05) is 48.0 Å². The molecule has 1 N–H and O–H groups in total. The molecule has 0 atom stereocenters. The molecule has 9 heteroatoms. The van der Waals surface area contributed by atoms with Crippen molar-refractivity contribution in [2.75, 3.05) is 5.32 Å². The number of hydrogen-bond acceptors (Lipinski definition) is 6. The minimum absolute atomic E-state index is 0.00277. The molecular formula is C22H24N4O4S. The maximum absolute atomic E-state index is 12.6. The SMILES string of the molecule is CC(=O)Nc1cc(C)nn1C(CCc1ccccc1)=NOS(=O)(=O)c1ccc(C)cc1. The van der Waals surface area contributed by atoms with Crippen LogP contribution < -0.4 is 5.32 Å². The first-order chi connectivity index (χ1) is 14.7. The highest BCUT2D eigenvalue weighted by Gasteiger charge is 2.19. The van der Waals surface area contributed by atoms with Crippen molar-refractivity contribution in [3.8, 4) is 0 Å². The summed E-state index contributed by atoms with van der Waals surface area (Å²) >= 11 is 0. The van der Waals surface area contributed by atoms with Crippen molar-refractivity contribution in [2.45, 2.75) is 38.5 Å². The van der Waals surface area contributed by atoms with Gasteiger partial charge in [-0.3, -0.25) is 9.08 Å². The molecule has 162 valence electrons. The van der Waals surface area contributed by atoms with Crippen LogP contribution in [0.3, 0.4) is 0 Å². The Balaban J connectivity index is 1.93. The van der Waals surface area contributed by atoms with E-state index in [9.17, 15) is 13.2 Å². The third-order valence-corrected chi connectivity index (χ3v) is 5.53. The molecule has 3 rings (SSSR count). The highest BCUT2D eigenvalue weighted by molar-refractivity contribution is 7.86. The van der Waals surface area contributed by atoms with Gasteiger partial charge < -0.3 is 5.32 Å². The molecule has 0 unspecified atom stereocenters. The van der Waals surface area contributed by atoms with E-state index in [1.54, 1.807) is 25.1 Å².